The Labute approximate surface area is 155 Å². The van der Waals surface area contributed by atoms with Gasteiger partial charge in [0.1, 0.15) is 23.4 Å². The second-order valence-electron chi connectivity index (χ2n) is 6.43. The fourth-order valence-electron chi connectivity index (χ4n) is 3.02. The van der Waals surface area contributed by atoms with Crippen LogP contribution in [0.5, 0.6) is 5.75 Å². The van der Waals surface area contributed by atoms with Crippen molar-refractivity contribution in [3.8, 4) is 5.75 Å². The number of aromatic nitrogens is 1. The van der Waals surface area contributed by atoms with Crippen molar-refractivity contribution in [1.29, 1.82) is 0 Å². The van der Waals surface area contributed by atoms with E-state index in [2.05, 4.69) is 10.3 Å². The number of hydrogen-bond acceptors (Lipinski definition) is 4. The standard InChI is InChI=1S/C19H20F3N3O2/c1-13(23-12-26)14-5-7-15(8-6-14)27-16-9-10-25(11-16)18-4-2-3-17(24-18)19(20,21)22/h2-8,12-13,16H,9-11H2,1H3,(H,23,26)/t13-,16+/m0/s1. The Morgan fingerprint density at radius 1 is 1.26 bits per heavy atom. The number of carbonyl (C=O) groups is 1. The summed E-state index contributed by atoms with van der Waals surface area (Å²) in [5, 5.41) is 2.68. The smallest absolute Gasteiger partial charge is 0.433 e. The summed E-state index contributed by atoms with van der Waals surface area (Å²) in [6, 6.07) is 11.2. The lowest BCUT2D eigenvalue weighted by Gasteiger charge is -2.19. The number of hydrogen-bond donors (Lipinski definition) is 1. The minimum Gasteiger partial charge on any atom is -0.489 e. The number of benzene rings is 1. The van der Waals surface area contributed by atoms with Crippen molar-refractivity contribution < 1.29 is 22.7 Å². The number of rotatable bonds is 6. The van der Waals surface area contributed by atoms with E-state index in [1.165, 1.54) is 6.07 Å². The van der Waals surface area contributed by atoms with Crippen LogP contribution in [0.25, 0.3) is 0 Å². The normalized spacial score (nSPS) is 18.2. The van der Waals surface area contributed by atoms with Crippen molar-refractivity contribution in [3.63, 3.8) is 0 Å². The van der Waals surface area contributed by atoms with Gasteiger partial charge in [-0.25, -0.2) is 4.98 Å². The molecular formula is C19H20F3N3O2. The van der Waals surface area contributed by atoms with E-state index in [4.69, 9.17) is 4.74 Å². The monoisotopic (exact) mass is 379 g/mol. The fraction of sp³-hybridized carbons (Fsp3) is 0.368. The Bertz CT molecular complexity index is 781. The number of amides is 1. The highest BCUT2D eigenvalue weighted by atomic mass is 19.4. The van der Waals surface area contributed by atoms with Crippen LogP contribution in [0.2, 0.25) is 0 Å². The molecule has 0 unspecified atom stereocenters. The molecule has 144 valence electrons. The van der Waals surface area contributed by atoms with Crippen LogP contribution >= 0.6 is 0 Å². The molecule has 1 aromatic carbocycles. The van der Waals surface area contributed by atoms with Crippen LogP contribution in [0.4, 0.5) is 19.0 Å². The first-order chi connectivity index (χ1) is 12.9. The van der Waals surface area contributed by atoms with Crippen molar-refractivity contribution in [2.75, 3.05) is 18.0 Å². The maximum absolute atomic E-state index is 12.8. The van der Waals surface area contributed by atoms with E-state index < -0.39 is 11.9 Å². The highest BCUT2D eigenvalue weighted by Gasteiger charge is 2.33. The highest BCUT2D eigenvalue weighted by molar-refractivity contribution is 5.48. The predicted molar refractivity (Wildman–Crippen MR) is 94.5 cm³/mol. The van der Waals surface area contributed by atoms with E-state index in [0.717, 1.165) is 11.6 Å². The molecule has 1 aromatic heterocycles. The van der Waals surface area contributed by atoms with E-state index in [-0.39, 0.29) is 12.1 Å². The maximum Gasteiger partial charge on any atom is 0.433 e. The van der Waals surface area contributed by atoms with Crippen molar-refractivity contribution in [2.45, 2.75) is 31.7 Å². The second kappa shape index (κ2) is 7.85. The van der Waals surface area contributed by atoms with Gasteiger partial charge in [-0.1, -0.05) is 18.2 Å². The molecule has 0 bridgehead atoms. The molecule has 1 N–H and O–H groups in total. The average Bonchev–Trinajstić information content (AvgIpc) is 3.10. The lowest BCUT2D eigenvalue weighted by atomic mass is 10.1. The zero-order chi connectivity index (χ0) is 19.4. The Kier molecular flexibility index (Phi) is 5.53. The van der Waals surface area contributed by atoms with E-state index >= 15 is 0 Å². The molecule has 0 aliphatic carbocycles. The maximum atomic E-state index is 12.8. The summed E-state index contributed by atoms with van der Waals surface area (Å²) in [5.41, 5.74) is 0.0636. The Hall–Kier alpha value is -2.77. The van der Waals surface area contributed by atoms with Crippen LogP contribution in [-0.4, -0.2) is 30.6 Å². The van der Waals surface area contributed by atoms with Gasteiger partial charge in [-0.3, -0.25) is 4.79 Å². The predicted octanol–water partition coefficient (Wildman–Crippen LogP) is 3.57. The third-order valence-corrected chi connectivity index (χ3v) is 4.49. The van der Waals surface area contributed by atoms with E-state index in [9.17, 15) is 18.0 Å². The zero-order valence-corrected chi connectivity index (χ0v) is 14.7. The zero-order valence-electron chi connectivity index (χ0n) is 14.7. The third-order valence-electron chi connectivity index (χ3n) is 4.49. The van der Waals surface area contributed by atoms with E-state index in [0.29, 0.717) is 37.5 Å². The number of ether oxygens (including phenoxy) is 1. The van der Waals surface area contributed by atoms with Crippen LogP contribution in [0.3, 0.4) is 0 Å². The first-order valence-corrected chi connectivity index (χ1v) is 8.62. The van der Waals surface area contributed by atoms with Gasteiger partial charge < -0.3 is 15.0 Å². The van der Waals surface area contributed by atoms with Gasteiger partial charge in [-0.15, -0.1) is 0 Å². The molecule has 0 spiro atoms. The summed E-state index contributed by atoms with van der Waals surface area (Å²) in [6.45, 7) is 2.93. The molecule has 27 heavy (non-hydrogen) atoms. The average molecular weight is 379 g/mol. The summed E-state index contributed by atoms with van der Waals surface area (Å²) in [5.74, 6) is 0.987. The molecule has 0 saturated carbocycles. The number of nitrogens with zero attached hydrogens (tertiary/aromatic N) is 2. The summed E-state index contributed by atoms with van der Waals surface area (Å²) in [6.07, 6.45) is -3.23. The van der Waals surface area contributed by atoms with Gasteiger partial charge in [0.25, 0.3) is 0 Å². The van der Waals surface area contributed by atoms with Crippen LogP contribution in [-0.2, 0) is 11.0 Å². The molecule has 2 aromatic rings. The second-order valence-corrected chi connectivity index (χ2v) is 6.43. The molecule has 3 rings (SSSR count). The van der Waals surface area contributed by atoms with Crippen LogP contribution in [0.15, 0.2) is 42.5 Å². The van der Waals surface area contributed by atoms with Gasteiger partial charge in [-0.05, 0) is 36.8 Å². The fourth-order valence-corrected chi connectivity index (χ4v) is 3.02. The first-order valence-electron chi connectivity index (χ1n) is 8.62. The first kappa shape index (κ1) is 19.0. The molecule has 1 fully saturated rings. The van der Waals surface area contributed by atoms with Crippen LogP contribution in [0, 0.1) is 0 Å². The lowest BCUT2D eigenvalue weighted by molar-refractivity contribution is -0.141. The SMILES string of the molecule is C[C@H](NC=O)c1ccc(O[C@@H]2CCN(c3cccc(C(F)(F)F)n3)C2)cc1. The molecule has 1 saturated heterocycles. The lowest BCUT2D eigenvalue weighted by Crippen LogP contribution is -2.26. The van der Waals surface area contributed by atoms with Crippen molar-refractivity contribution >= 4 is 12.2 Å². The molecule has 1 amide bonds. The Balaban J connectivity index is 1.61. The van der Waals surface area contributed by atoms with E-state index in [1.807, 2.05) is 31.2 Å². The molecule has 0 radical (unpaired) electrons. The third kappa shape index (κ3) is 4.69. The quantitative estimate of drug-likeness (QED) is 0.780. The summed E-state index contributed by atoms with van der Waals surface area (Å²) < 4.78 is 44.4. The number of alkyl halides is 3. The summed E-state index contributed by atoms with van der Waals surface area (Å²) in [4.78, 5) is 16.0. The molecule has 2 heterocycles. The molecular weight excluding hydrogens is 359 g/mol. The van der Waals surface area contributed by atoms with Crippen molar-refractivity contribution in [2.24, 2.45) is 0 Å². The highest BCUT2D eigenvalue weighted by Crippen LogP contribution is 2.30. The van der Waals surface area contributed by atoms with Gasteiger partial charge in [0.15, 0.2) is 0 Å². The van der Waals surface area contributed by atoms with Crippen LogP contribution in [0.1, 0.15) is 30.6 Å². The van der Waals surface area contributed by atoms with Crippen molar-refractivity contribution in [1.82, 2.24) is 10.3 Å². The minimum absolute atomic E-state index is 0.0921. The Morgan fingerprint density at radius 3 is 2.67 bits per heavy atom. The Morgan fingerprint density at radius 2 is 2.00 bits per heavy atom. The number of pyridine rings is 1. The number of carbonyl (C=O) groups excluding carboxylic acids is 1. The molecule has 1 aliphatic rings. The van der Waals surface area contributed by atoms with Gasteiger partial charge in [0.2, 0.25) is 6.41 Å². The summed E-state index contributed by atoms with van der Waals surface area (Å²) in [7, 11) is 0. The molecule has 2 atom stereocenters. The van der Waals surface area contributed by atoms with Gasteiger partial charge in [-0.2, -0.15) is 13.2 Å². The number of halogens is 3. The van der Waals surface area contributed by atoms with Gasteiger partial charge in [0.05, 0.1) is 12.6 Å². The largest absolute Gasteiger partial charge is 0.489 e. The topological polar surface area (TPSA) is 54.5 Å². The van der Waals surface area contributed by atoms with Crippen molar-refractivity contribution in [3.05, 3.63) is 53.7 Å². The summed E-state index contributed by atoms with van der Waals surface area (Å²) >= 11 is 0. The van der Waals surface area contributed by atoms with Crippen LogP contribution < -0.4 is 15.0 Å². The molecule has 1 aliphatic heterocycles. The van der Waals surface area contributed by atoms with E-state index in [1.54, 1.807) is 11.0 Å². The van der Waals surface area contributed by atoms with Gasteiger partial charge >= 0.3 is 6.18 Å². The number of nitrogens with one attached hydrogen (secondary N) is 1. The minimum atomic E-state index is -4.46. The number of anilines is 1. The molecule has 5 nitrogen and oxygen atoms in total. The van der Waals surface area contributed by atoms with Gasteiger partial charge in [0, 0.05) is 13.0 Å². The molecule has 8 heteroatoms.